The first-order valence-electron chi connectivity index (χ1n) is 4.92. The van der Waals surface area contributed by atoms with Crippen molar-refractivity contribution >= 4 is 45.0 Å². The molecule has 6 heteroatoms. The molecule has 17 heavy (non-hydrogen) atoms. The van der Waals surface area contributed by atoms with Gasteiger partial charge in [-0.3, -0.25) is 0 Å². The van der Waals surface area contributed by atoms with Crippen LogP contribution in [0.5, 0.6) is 0 Å². The Bertz CT molecular complexity index is 515. The summed E-state index contributed by atoms with van der Waals surface area (Å²) in [7, 11) is 1.77. The molecule has 0 aliphatic carbocycles. The lowest BCUT2D eigenvalue weighted by Gasteiger charge is -2.08. The lowest BCUT2D eigenvalue weighted by atomic mass is 10.3. The standard InChI is InChI=1S/C11H10BrClN4/c1-14-11-15-6-9(12)10(17-11)16-8-4-2-7(13)3-5-8/h2-6H,1H3,(H2,14,15,16,17). The van der Waals surface area contributed by atoms with Gasteiger partial charge in [-0.05, 0) is 40.2 Å². The summed E-state index contributed by atoms with van der Waals surface area (Å²) in [5.74, 6) is 1.26. The molecule has 0 saturated carbocycles. The highest BCUT2D eigenvalue weighted by Gasteiger charge is 2.04. The Labute approximate surface area is 113 Å². The van der Waals surface area contributed by atoms with Gasteiger partial charge < -0.3 is 10.6 Å². The summed E-state index contributed by atoms with van der Waals surface area (Å²) >= 11 is 9.21. The van der Waals surface area contributed by atoms with Crippen molar-refractivity contribution in [3.63, 3.8) is 0 Å². The van der Waals surface area contributed by atoms with Crippen LogP contribution >= 0.6 is 27.5 Å². The van der Waals surface area contributed by atoms with Crippen molar-refractivity contribution in [1.82, 2.24) is 9.97 Å². The van der Waals surface area contributed by atoms with Gasteiger partial charge in [0.15, 0.2) is 0 Å². The topological polar surface area (TPSA) is 49.8 Å². The van der Waals surface area contributed by atoms with E-state index in [0.717, 1.165) is 10.2 Å². The minimum Gasteiger partial charge on any atom is -0.357 e. The Kier molecular flexibility index (Phi) is 3.81. The van der Waals surface area contributed by atoms with Crippen LogP contribution in [-0.4, -0.2) is 17.0 Å². The second-order valence-corrected chi connectivity index (χ2v) is 4.56. The van der Waals surface area contributed by atoms with E-state index in [0.29, 0.717) is 16.8 Å². The maximum atomic E-state index is 5.82. The largest absolute Gasteiger partial charge is 0.357 e. The molecule has 0 saturated heterocycles. The molecule has 0 amide bonds. The van der Waals surface area contributed by atoms with E-state index in [1.54, 1.807) is 13.2 Å². The van der Waals surface area contributed by atoms with Gasteiger partial charge in [-0.15, -0.1) is 0 Å². The molecule has 0 spiro atoms. The van der Waals surface area contributed by atoms with E-state index < -0.39 is 0 Å². The first-order valence-corrected chi connectivity index (χ1v) is 6.09. The third-order valence-corrected chi connectivity index (χ3v) is 2.91. The third-order valence-electron chi connectivity index (χ3n) is 2.07. The van der Waals surface area contributed by atoms with E-state index >= 15 is 0 Å². The Morgan fingerprint density at radius 3 is 2.59 bits per heavy atom. The molecule has 2 aromatic rings. The van der Waals surface area contributed by atoms with E-state index in [1.807, 2.05) is 24.3 Å². The van der Waals surface area contributed by atoms with Crippen LogP contribution in [0.4, 0.5) is 17.5 Å². The van der Waals surface area contributed by atoms with Gasteiger partial charge in [0.25, 0.3) is 0 Å². The highest BCUT2D eigenvalue weighted by Crippen LogP contribution is 2.24. The quantitative estimate of drug-likeness (QED) is 0.907. The monoisotopic (exact) mass is 312 g/mol. The number of benzene rings is 1. The molecule has 4 nitrogen and oxygen atoms in total. The Balaban J connectivity index is 2.25. The highest BCUT2D eigenvalue weighted by atomic mass is 79.9. The number of aromatic nitrogens is 2. The number of nitrogens with one attached hydrogen (secondary N) is 2. The van der Waals surface area contributed by atoms with Crippen LogP contribution in [-0.2, 0) is 0 Å². The molecular formula is C11H10BrClN4. The van der Waals surface area contributed by atoms with Crippen LogP contribution in [0.3, 0.4) is 0 Å². The zero-order chi connectivity index (χ0) is 12.3. The third kappa shape index (κ3) is 3.08. The van der Waals surface area contributed by atoms with Crippen LogP contribution in [0, 0.1) is 0 Å². The van der Waals surface area contributed by atoms with Crippen LogP contribution < -0.4 is 10.6 Å². The number of anilines is 3. The van der Waals surface area contributed by atoms with Crippen LogP contribution in [0.1, 0.15) is 0 Å². The predicted molar refractivity (Wildman–Crippen MR) is 74.0 cm³/mol. The van der Waals surface area contributed by atoms with Crippen LogP contribution in [0.2, 0.25) is 5.02 Å². The second kappa shape index (κ2) is 5.33. The smallest absolute Gasteiger partial charge is 0.224 e. The normalized spacial score (nSPS) is 10.1. The molecule has 0 aliphatic heterocycles. The van der Waals surface area contributed by atoms with Crippen LogP contribution in [0.15, 0.2) is 34.9 Å². The van der Waals surface area contributed by atoms with Gasteiger partial charge in [0.1, 0.15) is 5.82 Å². The molecule has 2 N–H and O–H groups in total. The molecule has 0 unspecified atom stereocenters. The van der Waals surface area contributed by atoms with Crippen molar-refractivity contribution in [3.8, 4) is 0 Å². The maximum Gasteiger partial charge on any atom is 0.224 e. The lowest BCUT2D eigenvalue weighted by molar-refractivity contribution is 1.14. The summed E-state index contributed by atoms with van der Waals surface area (Å²) in [5, 5.41) is 6.76. The molecule has 0 atom stereocenters. The van der Waals surface area contributed by atoms with Gasteiger partial charge in [-0.1, -0.05) is 11.6 Å². The van der Waals surface area contributed by atoms with Gasteiger partial charge in [0.2, 0.25) is 5.95 Å². The Morgan fingerprint density at radius 2 is 1.94 bits per heavy atom. The van der Waals surface area contributed by atoms with E-state index in [9.17, 15) is 0 Å². The van der Waals surface area contributed by atoms with Gasteiger partial charge in [0.05, 0.1) is 4.47 Å². The summed E-state index contributed by atoms with van der Waals surface area (Å²) < 4.78 is 0.798. The number of halogens is 2. The molecule has 1 aromatic heterocycles. The average Bonchev–Trinajstić information content (AvgIpc) is 2.35. The average molecular weight is 314 g/mol. The van der Waals surface area contributed by atoms with E-state index in [-0.39, 0.29) is 0 Å². The van der Waals surface area contributed by atoms with Gasteiger partial charge in [-0.2, -0.15) is 4.98 Å². The molecule has 1 aromatic carbocycles. The van der Waals surface area contributed by atoms with Crippen molar-refractivity contribution in [3.05, 3.63) is 40.0 Å². The van der Waals surface area contributed by atoms with Gasteiger partial charge >= 0.3 is 0 Å². The summed E-state index contributed by atoms with van der Waals surface area (Å²) in [4.78, 5) is 8.38. The molecule has 0 bridgehead atoms. The second-order valence-electron chi connectivity index (χ2n) is 3.27. The maximum absolute atomic E-state index is 5.82. The number of rotatable bonds is 3. The fourth-order valence-corrected chi connectivity index (χ4v) is 1.66. The highest BCUT2D eigenvalue weighted by molar-refractivity contribution is 9.10. The summed E-state index contributed by atoms with van der Waals surface area (Å²) in [6.45, 7) is 0. The first kappa shape index (κ1) is 12.1. The zero-order valence-corrected chi connectivity index (χ0v) is 11.4. The molecule has 0 aliphatic rings. The zero-order valence-electron chi connectivity index (χ0n) is 9.04. The SMILES string of the molecule is CNc1ncc(Br)c(Nc2ccc(Cl)cc2)n1. The molecule has 88 valence electrons. The Hall–Kier alpha value is -1.33. The molecule has 0 radical (unpaired) electrons. The lowest BCUT2D eigenvalue weighted by Crippen LogP contribution is -2.01. The summed E-state index contributed by atoms with van der Waals surface area (Å²) in [5.41, 5.74) is 0.913. The van der Waals surface area contributed by atoms with Gasteiger partial charge in [-0.25, -0.2) is 4.98 Å². The van der Waals surface area contributed by atoms with Gasteiger partial charge in [0, 0.05) is 24.0 Å². The number of hydrogen-bond acceptors (Lipinski definition) is 4. The number of nitrogens with zero attached hydrogens (tertiary/aromatic N) is 2. The minimum absolute atomic E-state index is 0.560. The molecular weight excluding hydrogens is 304 g/mol. The molecule has 0 fully saturated rings. The van der Waals surface area contributed by atoms with E-state index in [2.05, 4.69) is 36.5 Å². The van der Waals surface area contributed by atoms with Crippen molar-refractivity contribution in [2.45, 2.75) is 0 Å². The molecule has 2 rings (SSSR count). The summed E-state index contributed by atoms with van der Waals surface area (Å²) in [6, 6.07) is 7.40. The van der Waals surface area contributed by atoms with Crippen molar-refractivity contribution in [1.29, 1.82) is 0 Å². The van der Waals surface area contributed by atoms with E-state index in [4.69, 9.17) is 11.6 Å². The van der Waals surface area contributed by atoms with Crippen molar-refractivity contribution in [2.75, 3.05) is 17.7 Å². The van der Waals surface area contributed by atoms with E-state index in [1.165, 1.54) is 0 Å². The fraction of sp³-hybridized carbons (Fsp3) is 0.0909. The summed E-state index contributed by atoms with van der Waals surface area (Å²) in [6.07, 6.45) is 1.69. The minimum atomic E-state index is 0.560. The number of hydrogen-bond donors (Lipinski definition) is 2. The van der Waals surface area contributed by atoms with Crippen molar-refractivity contribution in [2.24, 2.45) is 0 Å². The Morgan fingerprint density at radius 1 is 1.24 bits per heavy atom. The predicted octanol–water partition coefficient (Wildman–Crippen LogP) is 3.68. The van der Waals surface area contributed by atoms with Crippen LogP contribution in [0.25, 0.3) is 0 Å². The first-order chi connectivity index (χ1) is 8.19. The van der Waals surface area contributed by atoms with Crippen molar-refractivity contribution < 1.29 is 0 Å². The molecule has 1 heterocycles. The fourth-order valence-electron chi connectivity index (χ4n) is 1.25.